The minimum atomic E-state index is -0.580. The number of carbonyl (C=O) groups excluding carboxylic acids is 2. The van der Waals surface area contributed by atoms with E-state index in [-0.39, 0.29) is 17.6 Å². The zero-order valence-corrected chi connectivity index (χ0v) is 22.7. The summed E-state index contributed by atoms with van der Waals surface area (Å²) >= 11 is 8.69. The number of nitrogens with zero attached hydrogens (tertiary/aromatic N) is 1. The average Bonchev–Trinajstić information content (AvgIpc) is 3.41. The van der Waals surface area contributed by atoms with Crippen LogP contribution in [-0.4, -0.2) is 16.8 Å². The second-order valence-electron chi connectivity index (χ2n) is 8.43. The molecular weight excluding hydrogens is 553 g/mol. The largest absolute Gasteiger partial charge is 0.322 e. The highest BCUT2D eigenvalue weighted by molar-refractivity contribution is 8.00. The van der Waals surface area contributed by atoms with E-state index >= 15 is 0 Å². The SMILES string of the molecule is O=C(Nc1cccc(SC(C(=O)Nc2nc(-c3ccc(F)cc3)cs2)c2ccccc2)c1)c1cccc(Cl)c1. The molecule has 5 aromatic rings. The number of hydrogen-bond acceptors (Lipinski definition) is 5. The van der Waals surface area contributed by atoms with Crippen molar-refractivity contribution in [3.8, 4) is 11.3 Å². The van der Waals surface area contributed by atoms with Gasteiger partial charge in [-0.15, -0.1) is 23.1 Å². The van der Waals surface area contributed by atoms with Crippen LogP contribution in [0.5, 0.6) is 0 Å². The summed E-state index contributed by atoms with van der Waals surface area (Å²) in [6, 6.07) is 29.6. The first-order chi connectivity index (χ1) is 18.9. The molecule has 39 heavy (non-hydrogen) atoms. The Labute approximate surface area is 238 Å². The molecule has 0 aliphatic heterocycles. The summed E-state index contributed by atoms with van der Waals surface area (Å²) in [5.74, 6) is -0.837. The van der Waals surface area contributed by atoms with Gasteiger partial charge < -0.3 is 10.6 Å². The Kier molecular flexibility index (Phi) is 8.36. The number of benzene rings is 4. The molecule has 194 valence electrons. The Morgan fingerprint density at radius 2 is 1.64 bits per heavy atom. The first-order valence-electron chi connectivity index (χ1n) is 11.9. The van der Waals surface area contributed by atoms with Gasteiger partial charge in [0.2, 0.25) is 5.91 Å². The van der Waals surface area contributed by atoms with Gasteiger partial charge in [0.1, 0.15) is 11.1 Å². The van der Waals surface area contributed by atoms with Crippen LogP contribution in [0.25, 0.3) is 11.3 Å². The Bertz CT molecular complexity index is 1610. The Balaban J connectivity index is 1.33. The smallest absolute Gasteiger partial charge is 0.255 e. The third-order valence-electron chi connectivity index (χ3n) is 5.65. The van der Waals surface area contributed by atoms with Gasteiger partial charge >= 0.3 is 0 Å². The van der Waals surface area contributed by atoms with Crippen LogP contribution < -0.4 is 10.6 Å². The molecule has 4 aromatic carbocycles. The number of thiazole rings is 1. The molecular formula is C30H21ClFN3O2S2. The summed E-state index contributed by atoms with van der Waals surface area (Å²) in [4.78, 5) is 31.5. The molecule has 1 aromatic heterocycles. The fraction of sp³-hybridized carbons (Fsp3) is 0.0333. The number of rotatable bonds is 8. The fourth-order valence-electron chi connectivity index (χ4n) is 3.77. The minimum absolute atomic E-state index is 0.237. The molecule has 0 radical (unpaired) electrons. The maximum absolute atomic E-state index is 13.5. The van der Waals surface area contributed by atoms with Crippen molar-refractivity contribution in [2.24, 2.45) is 0 Å². The van der Waals surface area contributed by atoms with Crippen LogP contribution in [-0.2, 0) is 4.79 Å². The fourth-order valence-corrected chi connectivity index (χ4v) is 5.77. The van der Waals surface area contributed by atoms with E-state index in [0.717, 1.165) is 16.0 Å². The maximum Gasteiger partial charge on any atom is 0.255 e. The number of anilines is 2. The highest BCUT2D eigenvalue weighted by Gasteiger charge is 2.23. The van der Waals surface area contributed by atoms with Gasteiger partial charge in [0.15, 0.2) is 5.13 Å². The molecule has 5 nitrogen and oxygen atoms in total. The molecule has 2 amide bonds. The van der Waals surface area contributed by atoms with E-state index in [1.165, 1.54) is 35.2 Å². The van der Waals surface area contributed by atoms with Gasteiger partial charge in [0.25, 0.3) is 5.91 Å². The number of halogens is 2. The van der Waals surface area contributed by atoms with Crippen molar-refractivity contribution in [3.63, 3.8) is 0 Å². The zero-order chi connectivity index (χ0) is 27.2. The summed E-state index contributed by atoms with van der Waals surface area (Å²) in [5.41, 5.74) is 3.29. The number of thioether (sulfide) groups is 1. The summed E-state index contributed by atoms with van der Waals surface area (Å²) in [5, 5.41) is 7.98. The van der Waals surface area contributed by atoms with Gasteiger partial charge in [-0.1, -0.05) is 54.1 Å². The molecule has 5 rings (SSSR count). The maximum atomic E-state index is 13.5. The van der Waals surface area contributed by atoms with Crippen molar-refractivity contribution in [2.75, 3.05) is 10.6 Å². The lowest BCUT2D eigenvalue weighted by atomic mass is 10.1. The van der Waals surface area contributed by atoms with E-state index < -0.39 is 5.25 Å². The minimum Gasteiger partial charge on any atom is -0.322 e. The van der Waals surface area contributed by atoms with Crippen molar-refractivity contribution in [2.45, 2.75) is 10.1 Å². The van der Waals surface area contributed by atoms with Gasteiger partial charge in [-0.05, 0) is 66.2 Å². The van der Waals surface area contributed by atoms with Gasteiger partial charge in [-0.2, -0.15) is 0 Å². The molecule has 0 saturated carbocycles. The van der Waals surface area contributed by atoms with Gasteiger partial charge in [-0.25, -0.2) is 9.37 Å². The Morgan fingerprint density at radius 3 is 2.41 bits per heavy atom. The molecule has 0 fully saturated rings. The molecule has 0 bridgehead atoms. The van der Waals surface area contributed by atoms with Crippen molar-refractivity contribution in [1.82, 2.24) is 4.98 Å². The summed E-state index contributed by atoms with van der Waals surface area (Å²) in [6.45, 7) is 0. The molecule has 1 unspecified atom stereocenters. The van der Waals surface area contributed by atoms with Gasteiger partial charge in [-0.3, -0.25) is 9.59 Å². The van der Waals surface area contributed by atoms with E-state index in [2.05, 4.69) is 15.6 Å². The first kappa shape index (κ1) is 26.6. The van der Waals surface area contributed by atoms with E-state index in [0.29, 0.717) is 27.1 Å². The van der Waals surface area contributed by atoms with Crippen LogP contribution in [0.2, 0.25) is 5.02 Å². The molecule has 0 saturated heterocycles. The number of amides is 2. The van der Waals surface area contributed by atoms with E-state index in [1.807, 2.05) is 53.9 Å². The monoisotopic (exact) mass is 573 g/mol. The molecule has 1 heterocycles. The molecule has 1 atom stereocenters. The van der Waals surface area contributed by atoms with Crippen molar-refractivity contribution in [1.29, 1.82) is 0 Å². The highest BCUT2D eigenvalue weighted by atomic mass is 35.5. The Morgan fingerprint density at radius 1 is 0.872 bits per heavy atom. The number of carbonyl (C=O) groups is 2. The lowest BCUT2D eigenvalue weighted by Gasteiger charge is -2.17. The lowest BCUT2D eigenvalue weighted by Crippen LogP contribution is -2.19. The van der Waals surface area contributed by atoms with E-state index in [9.17, 15) is 14.0 Å². The number of hydrogen-bond donors (Lipinski definition) is 2. The zero-order valence-electron chi connectivity index (χ0n) is 20.3. The normalized spacial score (nSPS) is 11.5. The third-order valence-corrected chi connectivity index (χ3v) is 7.89. The summed E-state index contributed by atoms with van der Waals surface area (Å²) < 4.78 is 13.3. The topological polar surface area (TPSA) is 71.1 Å². The standard InChI is InChI=1S/C30H21ClFN3O2S2/c31-22-9-4-8-21(16-22)28(36)33-24-10-5-11-25(17-24)39-27(20-6-2-1-3-7-20)29(37)35-30-34-26(18-38-30)19-12-14-23(32)15-13-19/h1-18,27H,(H,33,36)(H,34,35,37). The van der Waals surface area contributed by atoms with Gasteiger partial charge in [0.05, 0.1) is 5.69 Å². The van der Waals surface area contributed by atoms with Crippen LogP contribution in [0.15, 0.2) is 113 Å². The first-order valence-corrected chi connectivity index (χ1v) is 14.0. The van der Waals surface area contributed by atoms with Crippen molar-refractivity contribution < 1.29 is 14.0 Å². The van der Waals surface area contributed by atoms with Crippen molar-refractivity contribution >= 4 is 57.3 Å². The van der Waals surface area contributed by atoms with Gasteiger partial charge in [0, 0.05) is 32.1 Å². The van der Waals surface area contributed by atoms with Crippen molar-refractivity contribution in [3.05, 3.63) is 130 Å². The van der Waals surface area contributed by atoms with Crippen LogP contribution in [0, 0.1) is 5.82 Å². The predicted octanol–water partition coefficient (Wildman–Crippen LogP) is 8.33. The Hall–Kier alpha value is -3.98. The molecule has 0 aliphatic rings. The average molecular weight is 574 g/mol. The van der Waals surface area contributed by atoms with E-state index in [1.54, 1.807) is 42.5 Å². The number of aromatic nitrogens is 1. The molecule has 9 heteroatoms. The quantitative estimate of drug-likeness (QED) is 0.183. The molecule has 0 aliphatic carbocycles. The summed E-state index contributed by atoms with van der Waals surface area (Å²) in [7, 11) is 0. The lowest BCUT2D eigenvalue weighted by molar-refractivity contribution is -0.115. The molecule has 0 spiro atoms. The molecule has 2 N–H and O–H groups in total. The second-order valence-corrected chi connectivity index (χ2v) is 10.9. The van der Waals surface area contributed by atoms with Crippen LogP contribution in [0.3, 0.4) is 0 Å². The predicted molar refractivity (Wildman–Crippen MR) is 157 cm³/mol. The summed E-state index contributed by atoms with van der Waals surface area (Å²) in [6.07, 6.45) is 0. The van der Waals surface area contributed by atoms with Crippen LogP contribution in [0.4, 0.5) is 15.2 Å². The third kappa shape index (κ3) is 6.92. The van der Waals surface area contributed by atoms with Crippen LogP contribution in [0.1, 0.15) is 21.2 Å². The van der Waals surface area contributed by atoms with Crippen LogP contribution >= 0.6 is 34.7 Å². The number of nitrogens with one attached hydrogen (secondary N) is 2. The second kappa shape index (κ2) is 12.3. The van der Waals surface area contributed by atoms with E-state index in [4.69, 9.17) is 11.6 Å². The highest BCUT2D eigenvalue weighted by Crippen LogP contribution is 2.38.